The molecular formula is C8H16Cl3P. The van der Waals surface area contributed by atoms with Crippen LogP contribution in [0.5, 0.6) is 0 Å². The van der Waals surface area contributed by atoms with Gasteiger partial charge in [0.15, 0.2) is 0 Å². The Morgan fingerprint density at radius 2 is 1.33 bits per heavy atom. The highest BCUT2D eigenvalue weighted by Gasteiger charge is 2.40. The molecule has 0 bridgehead atoms. The molecule has 0 aliphatic heterocycles. The van der Waals surface area contributed by atoms with Crippen LogP contribution in [0.4, 0.5) is 0 Å². The largest absolute Gasteiger partial charge is 0.117 e. The highest BCUT2D eigenvalue weighted by atomic mass is 35.7. The lowest BCUT2D eigenvalue weighted by atomic mass is 10.2. The number of hydrogen-bond donors (Lipinski definition) is 0. The molecule has 74 valence electrons. The van der Waals surface area contributed by atoms with E-state index in [2.05, 4.69) is 20.8 Å². The van der Waals surface area contributed by atoms with E-state index in [0.717, 1.165) is 0 Å². The Morgan fingerprint density at radius 3 is 1.42 bits per heavy atom. The minimum atomic E-state index is -0.696. The molecule has 4 heteroatoms. The van der Waals surface area contributed by atoms with Gasteiger partial charge in [0, 0.05) is 12.4 Å². The topological polar surface area (TPSA) is 0 Å². The number of halogens is 3. The Bertz CT molecular complexity index is 149. The zero-order chi connectivity index (χ0) is 10.2. The smallest absolute Gasteiger partial charge is 0.104 e. The molecule has 0 aromatic heterocycles. The third-order valence-corrected chi connectivity index (χ3v) is 8.30. The zero-order valence-electron chi connectivity index (χ0n) is 8.16. The fraction of sp³-hybridized carbons (Fsp3) is 1.00. The van der Waals surface area contributed by atoms with Crippen molar-refractivity contribution in [1.82, 2.24) is 0 Å². The molecule has 0 aromatic carbocycles. The first-order valence-corrected chi connectivity index (χ1v) is 6.96. The SMILES string of the molecule is CC(C)(C)P(Cl)C(C)(C)C(Cl)Cl. The van der Waals surface area contributed by atoms with Gasteiger partial charge in [0.1, 0.15) is 4.84 Å². The van der Waals surface area contributed by atoms with Crippen molar-refractivity contribution in [2.75, 3.05) is 0 Å². The van der Waals surface area contributed by atoms with E-state index in [4.69, 9.17) is 34.4 Å². The minimum Gasteiger partial charge on any atom is -0.104 e. The van der Waals surface area contributed by atoms with Crippen LogP contribution < -0.4 is 0 Å². The molecule has 0 nitrogen and oxygen atoms in total. The maximum Gasteiger partial charge on any atom is 0.117 e. The fourth-order valence-electron chi connectivity index (χ4n) is 0.950. The molecular weight excluding hydrogens is 233 g/mol. The van der Waals surface area contributed by atoms with Gasteiger partial charge in [-0.15, -0.1) is 23.2 Å². The molecule has 0 amide bonds. The van der Waals surface area contributed by atoms with Crippen molar-refractivity contribution in [1.29, 1.82) is 0 Å². The normalized spacial score (nSPS) is 16.8. The summed E-state index contributed by atoms with van der Waals surface area (Å²) in [5, 5.41) is -0.110. The van der Waals surface area contributed by atoms with Crippen LogP contribution in [0.3, 0.4) is 0 Å². The standard InChI is InChI=1S/C8H16Cl3P/c1-7(2,3)12(11)8(4,5)6(9)10/h6H,1-5H3. The van der Waals surface area contributed by atoms with Crippen molar-refractivity contribution in [2.45, 2.75) is 49.8 Å². The summed E-state index contributed by atoms with van der Waals surface area (Å²) in [6.45, 7) is 10.4. The molecule has 0 saturated carbocycles. The zero-order valence-corrected chi connectivity index (χ0v) is 11.3. The van der Waals surface area contributed by atoms with Gasteiger partial charge in [-0.05, 0) is 5.16 Å². The highest BCUT2D eigenvalue weighted by molar-refractivity contribution is 7.86. The van der Waals surface area contributed by atoms with Crippen molar-refractivity contribution in [3.8, 4) is 0 Å². The Labute approximate surface area is 91.5 Å². The monoisotopic (exact) mass is 248 g/mol. The molecule has 0 heterocycles. The summed E-state index contributed by atoms with van der Waals surface area (Å²) < 4.78 is 0. The molecule has 0 fully saturated rings. The van der Waals surface area contributed by atoms with Crippen molar-refractivity contribution in [2.24, 2.45) is 0 Å². The predicted octanol–water partition coefficient (Wildman–Crippen LogP) is 5.00. The maximum atomic E-state index is 6.34. The van der Waals surface area contributed by atoms with Crippen LogP contribution in [-0.4, -0.2) is 15.1 Å². The molecule has 0 aliphatic carbocycles. The average Bonchev–Trinajstić information content (AvgIpc) is 1.83. The van der Waals surface area contributed by atoms with Crippen molar-refractivity contribution < 1.29 is 0 Å². The average molecular weight is 250 g/mol. The molecule has 0 radical (unpaired) electrons. The summed E-state index contributed by atoms with van der Waals surface area (Å²) in [5.41, 5.74) is 0. The van der Waals surface area contributed by atoms with Crippen molar-refractivity contribution >= 4 is 41.7 Å². The predicted molar refractivity (Wildman–Crippen MR) is 62.1 cm³/mol. The van der Waals surface area contributed by atoms with Crippen molar-refractivity contribution in [3.63, 3.8) is 0 Å². The molecule has 0 saturated heterocycles. The van der Waals surface area contributed by atoms with E-state index >= 15 is 0 Å². The number of hydrogen-bond acceptors (Lipinski definition) is 0. The molecule has 1 unspecified atom stereocenters. The van der Waals surface area contributed by atoms with E-state index in [0.29, 0.717) is 0 Å². The Balaban J connectivity index is 4.57. The fourth-order valence-corrected chi connectivity index (χ4v) is 4.03. The van der Waals surface area contributed by atoms with Gasteiger partial charge < -0.3 is 0 Å². The molecule has 0 aliphatic rings. The molecule has 0 rings (SSSR count). The van der Waals surface area contributed by atoms with E-state index in [9.17, 15) is 0 Å². The Hall–Kier alpha value is 1.30. The van der Waals surface area contributed by atoms with Crippen LogP contribution in [0.25, 0.3) is 0 Å². The van der Waals surface area contributed by atoms with Gasteiger partial charge in [-0.2, -0.15) is 0 Å². The third kappa shape index (κ3) is 3.22. The molecule has 0 N–H and O–H groups in total. The van der Waals surface area contributed by atoms with E-state index in [-0.39, 0.29) is 10.3 Å². The first kappa shape index (κ1) is 13.3. The first-order valence-electron chi connectivity index (χ1n) is 3.84. The summed E-state index contributed by atoms with van der Waals surface area (Å²) >= 11 is 18.1. The first-order chi connectivity index (χ1) is 5.10. The van der Waals surface area contributed by atoms with Gasteiger partial charge in [0.05, 0.1) is 0 Å². The van der Waals surface area contributed by atoms with Crippen LogP contribution >= 0.6 is 41.7 Å². The van der Waals surface area contributed by atoms with E-state index < -0.39 is 12.1 Å². The van der Waals surface area contributed by atoms with Crippen LogP contribution in [0.1, 0.15) is 34.6 Å². The van der Waals surface area contributed by atoms with E-state index in [1.165, 1.54) is 0 Å². The van der Waals surface area contributed by atoms with Crippen LogP contribution in [-0.2, 0) is 0 Å². The third-order valence-electron chi connectivity index (χ3n) is 1.63. The molecule has 1 atom stereocenters. The summed E-state index contributed by atoms with van der Waals surface area (Å²) in [6, 6.07) is 0. The van der Waals surface area contributed by atoms with Gasteiger partial charge >= 0.3 is 0 Å². The Kier molecular flexibility index (Phi) is 4.67. The molecule has 0 aromatic rings. The highest BCUT2D eigenvalue weighted by Crippen LogP contribution is 2.65. The molecule has 0 spiro atoms. The quantitative estimate of drug-likeness (QED) is 0.477. The van der Waals surface area contributed by atoms with E-state index in [1.807, 2.05) is 13.8 Å². The Morgan fingerprint density at radius 1 is 1.00 bits per heavy atom. The molecule has 12 heavy (non-hydrogen) atoms. The lowest BCUT2D eigenvalue weighted by Crippen LogP contribution is -2.31. The van der Waals surface area contributed by atoms with Crippen molar-refractivity contribution in [3.05, 3.63) is 0 Å². The van der Waals surface area contributed by atoms with Gasteiger partial charge in [-0.25, -0.2) is 0 Å². The summed E-state index contributed by atoms with van der Waals surface area (Å²) in [7, 11) is -0.696. The van der Waals surface area contributed by atoms with Gasteiger partial charge in [0.25, 0.3) is 0 Å². The van der Waals surface area contributed by atoms with Gasteiger partial charge in [-0.3, -0.25) is 0 Å². The second-order valence-electron chi connectivity index (χ2n) is 4.41. The maximum absolute atomic E-state index is 6.34. The number of alkyl halides is 2. The summed E-state index contributed by atoms with van der Waals surface area (Å²) in [5.74, 6) is 0. The lowest BCUT2D eigenvalue weighted by molar-refractivity contribution is 0.705. The van der Waals surface area contributed by atoms with Gasteiger partial charge in [-0.1, -0.05) is 45.9 Å². The second-order valence-corrected chi connectivity index (χ2v) is 9.57. The minimum absolute atomic E-state index is 0.0857. The van der Waals surface area contributed by atoms with Crippen LogP contribution in [0, 0.1) is 0 Å². The second kappa shape index (κ2) is 4.22. The summed E-state index contributed by atoms with van der Waals surface area (Å²) in [6.07, 6.45) is 0. The number of rotatable bonds is 2. The van der Waals surface area contributed by atoms with Gasteiger partial charge in [0.2, 0.25) is 0 Å². The van der Waals surface area contributed by atoms with Crippen LogP contribution in [0.2, 0.25) is 0 Å². The van der Waals surface area contributed by atoms with Crippen LogP contribution in [0.15, 0.2) is 0 Å². The van der Waals surface area contributed by atoms with E-state index in [1.54, 1.807) is 0 Å². The lowest BCUT2D eigenvalue weighted by Gasteiger charge is -2.39. The summed E-state index contributed by atoms with van der Waals surface area (Å²) in [4.78, 5) is -0.402.